The van der Waals surface area contributed by atoms with Gasteiger partial charge in [0.25, 0.3) is 0 Å². The van der Waals surface area contributed by atoms with Gasteiger partial charge in [0.05, 0.1) is 6.04 Å². The maximum absolute atomic E-state index is 12.8. The van der Waals surface area contributed by atoms with E-state index in [1.807, 2.05) is 50.2 Å². The first-order chi connectivity index (χ1) is 15.4. The van der Waals surface area contributed by atoms with Gasteiger partial charge in [-0.15, -0.1) is 0 Å². The minimum atomic E-state index is -0.449. The second-order valence-electron chi connectivity index (χ2n) is 8.51. The van der Waals surface area contributed by atoms with Crippen LogP contribution in [0.25, 0.3) is 0 Å². The lowest BCUT2D eigenvalue weighted by Crippen LogP contribution is -2.36. The molecule has 0 radical (unpaired) electrons. The Bertz CT molecular complexity index is 1150. The smallest absolute Gasteiger partial charge is 0.347 e. The number of nitrogens with zero attached hydrogens (tertiary/aromatic N) is 5. The SMILES string of the molecule is Cc1cccc([C@H](Cc2cc(N(C)C)nc(C3CC3)n2)NC(=O)Cn2cccnc2=O)c1. The summed E-state index contributed by atoms with van der Waals surface area (Å²) in [5, 5.41) is 3.10. The van der Waals surface area contributed by atoms with Crippen LogP contribution >= 0.6 is 0 Å². The number of carbonyl (C=O) groups is 1. The van der Waals surface area contributed by atoms with Gasteiger partial charge in [0.2, 0.25) is 5.91 Å². The molecule has 0 spiro atoms. The molecule has 8 heteroatoms. The maximum Gasteiger partial charge on any atom is 0.347 e. The Labute approximate surface area is 187 Å². The third-order valence-corrected chi connectivity index (χ3v) is 5.47. The lowest BCUT2D eigenvalue weighted by Gasteiger charge is -2.21. The molecule has 1 saturated carbocycles. The van der Waals surface area contributed by atoms with Crippen molar-refractivity contribution >= 4 is 11.7 Å². The average Bonchev–Trinajstić information content (AvgIpc) is 3.60. The van der Waals surface area contributed by atoms with E-state index in [4.69, 9.17) is 9.97 Å². The van der Waals surface area contributed by atoms with Crippen molar-refractivity contribution in [2.45, 2.75) is 44.7 Å². The van der Waals surface area contributed by atoms with Crippen molar-refractivity contribution in [2.75, 3.05) is 19.0 Å². The first kappa shape index (κ1) is 21.7. The van der Waals surface area contributed by atoms with E-state index in [1.165, 1.54) is 10.8 Å². The molecule has 1 fully saturated rings. The van der Waals surface area contributed by atoms with E-state index in [-0.39, 0.29) is 18.5 Å². The summed E-state index contributed by atoms with van der Waals surface area (Å²) < 4.78 is 1.29. The molecule has 0 unspecified atom stereocenters. The molecule has 2 aromatic heterocycles. The molecule has 1 N–H and O–H groups in total. The second-order valence-corrected chi connectivity index (χ2v) is 8.51. The predicted molar refractivity (Wildman–Crippen MR) is 123 cm³/mol. The first-order valence-electron chi connectivity index (χ1n) is 10.8. The zero-order valence-corrected chi connectivity index (χ0v) is 18.7. The quantitative estimate of drug-likeness (QED) is 0.588. The Morgan fingerprint density at radius 3 is 2.72 bits per heavy atom. The van der Waals surface area contributed by atoms with Crippen LogP contribution in [0.2, 0.25) is 0 Å². The Morgan fingerprint density at radius 2 is 2.03 bits per heavy atom. The summed E-state index contributed by atoms with van der Waals surface area (Å²) in [6.45, 7) is 1.94. The summed E-state index contributed by atoms with van der Waals surface area (Å²) >= 11 is 0. The summed E-state index contributed by atoms with van der Waals surface area (Å²) in [6.07, 6.45) is 5.75. The Hall–Kier alpha value is -3.55. The van der Waals surface area contributed by atoms with Crippen molar-refractivity contribution in [1.82, 2.24) is 24.8 Å². The average molecular weight is 433 g/mol. The normalized spacial score (nSPS) is 14.1. The molecule has 1 atom stereocenters. The number of carbonyl (C=O) groups excluding carboxylic acids is 1. The highest BCUT2D eigenvalue weighted by Gasteiger charge is 2.28. The number of rotatable bonds is 8. The van der Waals surface area contributed by atoms with E-state index in [9.17, 15) is 9.59 Å². The fourth-order valence-corrected chi connectivity index (χ4v) is 3.61. The Kier molecular flexibility index (Phi) is 6.30. The van der Waals surface area contributed by atoms with Crippen LogP contribution < -0.4 is 15.9 Å². The minimum Gasteiger partial charge on any atom is -0.363 e. The van der Waals surface area contributed by atoms with Crippen molar-refractivity contribution < 1.29 is 4.79 Å². The fourth-order valence-electron chi connectivity index (χ4n) is 3.61. The molecule has 3 aromatic rings. The number of hydrogen-bond acceptors (Lipinski definition) is 6. The Balaban J connectivity index is 1.61. The van der Waals surface area contributed by atoms with Crippen LogP contribution in [0.1, 0.15) is 47.4 Å². The number of anilines is 1. The first-order valence-corrected chi connectivity index (χ1v) is 10.8. The van der Waals surface area contributed by atoms with E-state index in [1.54, 1.807) is 12.3 Å². The summed E-state index contributed by atoms with van der Waals surface area (Å²) in [5.41, 5.74) is 2.54. The lowest BCUT2D eigenvalue weighted by molar-refractivity contribution is -0.122. The zero-order valence-electron chi connectivity index (χ0n) is 18.7. The van der Waals surface area contributed by atoms with Crippen molar-refractivity contribution in [2.24, 2.45) is 0 Å². The van der Waals surface area contributed by atoms with Crippen LogP contribution in [0.15, 0.2) is 53.6 Å². The van der Waals surface area contributed by atoms with Gasteiger partial charge in [-0.1, -0.05) is 29.8 Å². The van der Waals surface area contributed by atoms with Crippen molar-refractivity contribution in [1.29, 1.82) is 0 Å². The molecular formula is C24H28N6O2. The maximum atomic E-state index is 12.8. The molecule has 1 aliphatic carbocycles. The molecule has 32 heavy (non-hydrogen) atoms. The molecular weight excluding hydrogens is 404 g/mol. The number of aromatic nitrogens is 4. The largest absolute Gasteiger partial charge is 0.363 e. The molecule has 1 amide bonds. The number of aryl methyl sites for hydroxylation is 1. The van der Waals surface area contributed by atoms with Gasteiger partial charge in [-0.2, -0.15) is 0 Å². The van der Waals surface area contributed by atoms with Gasteiger partial charge < -0.3 is 10.2 Å². The van der Waals surface area contributed by atoms with Crippen LogP contribution in [0.3, 0.4) is 0 Å². The van der Waals surface area contributed by atoms with Gasteiger partial charge in [-0.05, 0) is 31.4 Å². The fraction of sp³-hybridized carbons (Fsp3) is 0.375. The molecule has 0 saturated heterocycles. The number of benzene rings is 1. The van der Waals surface area contributed by atoms with Crippen molar-refractivity contribution in [3.05, 3.63) is 81.9 Å². The molecule has 0 bridgehead atoms. The third kappa shape index (κ3) is 5.38. The second kappa shape index (κ2) is 9.30. The van der Waals surface area contributed by atoms with Gasteiger partial charge >= 0.3 is 5.69 Å². The van der Waals surface area contributed by atoms with E-state index >= 15 is 0 Å². The van der Waals surface area contributed by atoms with Crippen LogP contribution in [0, 0.1) is 6.92 Å². The monoisotopic (exact) mass is 432 g/mol. The minimum absolute atomic E-state index is 0.0883. The highest BCUT2D eigenvalue weighted by atomic mass is 16.2. The zero-order chi connectivity index (χ0) is 22.7. The Morgan fingerprint density at radius 1 is 1.22 bits per heavy atom. The number of amides is 1. The molecule has 1 aromatic carbocycles. The van der Waals surface area contributed by atoms with Gasteiger partial charge in [0.1, 0.15) is 18.2 Å². The third-order valence-electron chi connectivity index (χ3n) is 5.47. The standard InChI is InChI=1S/C24H28N6O2/c1-16-6-4-7-18(12-16)20(27-22(31)15-30-11-5-10-25-24(30)32)13-19-14-21(29(2)3)28-23(26-19)17-8-9-17/h4-7,10-12,14,17,20H,8-9,13,15H2,1-3H3,(H,27,31)/t20-/m0/s1. The van der Waals surface area contributed by atoms with Crippen LogP contribution in [0.5, 0.6) is 0 Å². The number of nitrogens with one attached hydrogen (secondary N) is 1. The van der Waals surface area contributed by atoms with Gasteiger partial charge in [-0.25, -0.2) is 19.7 Å². The van der Waals surface area contributed by atoms with Crippen molar-refractivity contribution in [3.8, 4) is 0 Å². The molecule has 8 nitrogen and oxygen atoms in total. The number of hydrogen-bond donors (Lipinski definition) is 1. The summed E-state index contributed by atoms with van der Waals surface area (Å²) in [6, 6.07) is 11.4. The molecule has 166 valence electrons. The molecule has 2 heterocycles. The summed E-state index contributed by atoms with van der Waals surface area (Å²) in [7, 11) is 3.93. The van der Waals surface area contributed by atoms with Crippen LogP contribution in [-0.2, 0) is 17.8 Å². The van der Waals surface area contributed by atoms with Crippen LogP contribution in [-0.4, -0.2) is 39.5 Å². The molecule has 1 aliphatic rings. The van der Waals surface area contributed by atoms with Gasteiger partial charge in [-0.3, -0.25) is 9.36 Å². The topological polar surface area (TPSA) is 93.0 Å². The van der Waals surface area contributed by atoms with E-state index in [2.05, 4.69) is 16.4 Å². The van der Waals surface area contributed by atoms with Crippen molar-refractivity contribution in [3.63, 3.8) is 0 Å². The predicted octanol–water partition coefficient (Wildman–Crippen LogP) is 2.39. The van der Waals surface area contributed by atoms with Gasteiger partial charge in [0, 0.05) is 50.6 Å². The summed E-state index contributed by atoms with van der Waals surface area (Å²) in [5.74, 6) is 1.92. The van der Waals surface area contributed by atoms with Gasteiger partial charge in [0.15, 0.2) is 0 Å². The summed E-state index contributed by atoms with van der Waals surface area (Å²) in [4.78, 5) is 40.0. The van der Waals surface area contributed by atoms with E-state index < -0.39 is 5.69 Å². The highest BCUT2D eigenvalue weighted by molar-refractivity contribution is 5.76. The lowest BCUT2D eigenvalue weighted by atomic mass is 9.99. The van der Waals surface area contributed by atoms with E-state index in [0.717, 1.165) is 41.3 Å². The molecule has 0 aliphatic heterocycles. The van der Waals surface area contributed by atoms with Crippen LogP contribution in [0.4, 0.5) is 5.82 Å². The highest BCUT2D eigenvalue weighted by Crippen LogP contribution is 2.38. The molecule has 4 rings (SSSR count). The van der Waals surface area contributed by atoms with E-state index in [0.29, 0.717) is 12.3 Å².